The molecular weight excluding hydrogens is 374 g/mol. The summed E-state index contributed by atoms with van der Waals surface area (Å²) in [6, 6.07) is 28.1. The quantitative estimate of drug-likeness (QED) is 0.407. The number of ether oxygens (including phenoxy) is 2. The molecule has 152 valence electrons. The van der Waals surface area contributed by atoms with E-state index in [2.05, 4.69) is 23.5 Å². The SMILES string of the molecule is CCC(Oc1ccc2ccccc2c1)C(=O)NCCOc1ccc2ccccc2c1. The molecule has 0 aliphatic carbocycles. The minimum absolute atomic E-state index is 0.132. The maximum Gasteiger partial charge on any atom is 0.261 e. The third kappa shape index (κ3) is 4.71. The van der Waals surface area contributed by atoms with E-state index in [-0.39, 0.29) is 5.91 Å². The van der Waals surface area contributed by atoms with Crippen LogP contribution in [0.2, 0.25) is 0 Å². The van der Waals surface area contributed by atoms with E-state index in [0.29, 0.717) is 25.3 Å². The van der Waals surface area contributed by atoms with Crippen molar-refractivity contribution in [1.29, 1.82) is 0 Å². The molecule has 0 aromatic heterocycles. The van der Waals surface area contributed by atoms with E-state index in [0.717, 1.165) is 21.9 Å². The van der Waals surface area contributed by atoms with Crippen LogP contribution in [0, 0.1) is 0 Å². The first kappa shape index (κ1) is 19.8. The Labute approximate surface area is 176 Å². The summed E-state index contributed by atoms with van der Waals surface area (Å²) in [6.45, 7) is 2.76. The van der Waals surface area contributed by atoms with Gasteiger partial charge in [-0.2, -0.15) is 0 Å². The zero-order chi connectivity index (χ0) is 20.8. The van der Waals surface area contributed by atoms with E-state index < -0.39 is 6.10 Å². The minimum atomic E-state index is -0.535. The summed E-state index contributed by atoms with van der Waals surface area (Å²) >= 11 is 0. The van der Waals surface area contributed by atoms with Gasteiger partial charge in [0, 0.05) is 0 Å². The van der Waals surface area contributed by atoms with Crippen molar-refractivity contribution in [1.82, 2.24) is 5.32 Å². The summed E-state index contributed by atoms with van der Waals surface area (Å²) in [7, 11) is 0. The van der Waals surface area contributed by atoms with E-state index >= 15 is 0 Å². The Morgan fingerprint density at radius 1 is 0.800 bits per heavy atom. The van der Waals surface area contributed by atoms with Crippen molar-refractivity contribution < 1.29 is 14.3 Å². The molecule has 1 amide bonds. The third-order valence-electron chi connectivity index (χ3n) is 5.05. The van der Waals surface area contributed by atoms with Crippen LogP contribution in [0.1, 0.15) is 13.3 Å². The molecule has 4 nitrogen and oxygen atoms in total. The number of fused-ring (bicyclic) bond motifs is 2. The van der Waals surface area contributed by atoms with Gasteiger partial charge in [0.2, 0.25) is 0 Å². The molecule has 0 spiro atoms. The normalized spacial score (nSPS) is 11.9. The van der Waals surface area contributed by atoms with Gasteiger partial charge in [-0.15, -0.1) is 0 Å². The molecule has 4 rings (SSSR count). The highest BCUT2D eigenvalue weighted by atomic mass is 16.5. The van der Waals surface area contributed by atoms with Gasteiger partial charge in [0.25, 0.3) is 5.91 Å². The van der Waals surface area contributed by atoms with E-state index in [1.165, 1.54) is 5.39 Å². The van der Waals surface area contributed by atoms with Crippen LogP contribution in [0.15, 0.2) is 84.9 Å². The van der Waals surface area contributed by atoms with Gasteiger partial charge in [0.1, 0.15) is 18.1 Å². The van der Waals surface area contributed by atoms with Crippen molar-refractivity contribution in [2.24, 2.45) is 0 Å². The van der Waals surface area contributed by atoms with Crippen molar-refractivity contribution in [3.05, 3.63) is 84.9 Å². The Bertz CT molecular complexity index is 1160. The molecule has 0 radical (unpaired) electrons. The molecule has 4 heteroatoms. The largest absolute Gasteiger partial charge is 0.492 e. The Balaban J connectivity index is 1.29. The molecule has 0 heterocycles. The number of amides is 1. The van der Waals surface area contributed by atoms with Gasteiger partial charge in [-0.05, 0) is 52.2 Å². The number of nitrogens with one attached hydrogen (secondary N) is 1. The van der Waals surface area contributed by atoms with Crippen LogP contribution in [-0.2, 0) is 4.79 Å². The number of rotatable bonds is 8. The van der Waals surface area contributed by atoms with Gasteiger partial charge in [0.05, 0.1) is 6.54 Å². The van der Waals surface area contributed by atoms with Crippen LogP contribution < -0.4 is 14.8 Å². The summed E-state index contributed by atoms with van der Waals surface area (Å²) in [5, 5.41) is 7.46. The zero-order valence-electron chi connectivity index (χ0n) is 17.0. The summed E-state index contributed by atoms with van der Waals surface area (Å²) in [6.07, 6.45) is 0.0522. The molecular formula is C26H25NO3. The average Bonchev–Trinajstić information content (AvgIpc) is 2.80. The smallest absolute Gasteiger partial charge is 0.261 e. The summed E-state index contributed by atoms with van der Waals surface area (Å²) in [5.74, 6) is 1.36. The van der Waals surface area contributed by atoms with Crippen LogP contribution in [0.3, 0.4) is 0 Å². The van der Waals surface area contributed by atoms with Gasteiger partial charge in [-0.1, -0.05) is 67.6 Å². The second-order valence-electron chi connectivity index (χ2n) is 7.17. The van der Waals surface area contributed by atoms with Gasteiger partial charge < -0.3 is 14.8 Å². The van der Waals surface area contributed by atoms with E-state index in [4.69, 9.17) is 9.47 Å². The molecule has 30 heavy (non-hydrogen) atoms. The zero-order valence-corrected chi connectivity index (χ0v) is 17.0. The van der Waals surface area contributed by atoms with E-state index in [9.17, 15) is 4.79 Å². The lowest BCUT2D eigenvalue weighted by Gasteiger charge is -2.18. The number of carbonyl (C=O) groups is 1. The first-order chi connectivity index (χ1) is 14.7. The van der Waals surface area contributed by atoms with E-state index in [1.807, 2.05) is 73.7 Å². The molecule has 1 unspecified atom stereocenters. The predicted molar refractivity (Wildman–Crippen MR) is 121 cm³/mol. The molecule has 0 aliphatic heterocycles. The minimum Gasteiger partial charge on any atom is -0.492 e. The lowest BCUT2D eigenvalue weighted by Crippen LogP contribution is -2.39. The summed E-state index contributed by atoms with van der Waals surface area (Å²) < 4.78 is 11.7. The highest BCUT2D eigenvalue weighted by molar-refractivity contribution is 5.85. The molecule has 0 saturated heterocycles. The second-order valence-corrected chi connectivity index (χ2v) is 7.17. The van der Waals surface area contributed by atoms with Crippen LogP contribution in [0.25, 0.3) is 21.5 Å². The Morgan fingerprint density at radius 3 is 2.00 bits per heavy atom. The first-order valence-corrected chi connectivity index (χ1v) is 10.3. The highest BCUT2D eigenvalue weighted by Crippen LogP contribution is 2.22. The average molecular weight is 399 g/mol. The fourth-order valence-electron chi connectivity index (χ4n) is 3.44. The van der Waals surface area contributed by atoms with Crippen molar-refractivity contribution >= 4 is 27.5 Å². The van der Waals surface area contributed by atoms with Gasteiger partial charge in [0.15, 0.2) is 6.10 Å². The van der Waals surface area contributed by atoms with Crippen molar-refractivity contribution in [2.75, 3.05) is 13.2 Å². The number of hydrogen-bond donors (Lipinski definition) is 1. The lowest BCUT2D eigenvalue weighted by molar-refractivity contribution is -0.128. The van der Waals surface area contributed by atoms with Crippen LogP contribution in [-0.4, -0.2) is 25.2 Å². The fraction of sp³-hybridized carbons (Fsp3) is 0.192. The van der Waals surface area contributed by atoms with E-state index in [1.54, 1.807) is 0 Å². The molecule has 0 bridgehead atoms. The Kier molecular flexibility index (Phi) is 6.14. The molecule has 1 atom stereocenters. The molecule has 0 saturated carbocycles. The van der Waals surface area contributed by atoms with Gasteiger partial charge in [-0.3, -0.25) is 4.79 Å². The molecule has 4 aromatic rings. The lowest BCUT2D eigenvalue weighted by atomic mass is 10.1. The highest BCUT2D eigenvalue weighted by Gasteiger charge is 2.18. The number of hydrogen-bond acceptors (Lipinski definition) is 3. The third-order valence-corrected chi connectivity index (χ3v) is 5.05. The monoisotopic (exact) mass is 399 g/mol. The fourth-order valence-corrected chi connectivity index (χ4v) is 3.44. The molecule has 1 N–H and O–H groups in total. The van der Waals surface area contributed by atoms with Crippen molar-refractivity contribution in [3.8, 4) is 11.5 Å². The van der Waals surface area contributed by atoms with Gasteiger partial charge >= 0.3 is 0 Å². The molecule has 0 aliphatic rings. The number of carbonyl (C=O) groups excluding carboxylic acids is 1. The summed E-state index contributed by atoms with van der Waals surface area (Å²) in [4.78, 5) is 12.5. The maximum atomic E-state index is 12.5. The van der Waals surface area contributed by atoms with Crippen LogP contribution >= 0.6 is 0 Å². The standard InChI is InChI=1S/C26H25NO3/c1-2-25(30-24-14-12-20-8-4-6-10-22(20)18-24)26(28)27-15-16-29-23-13-11-19-7-3-5-9-21(19)17-23/h3-14,17-18,25H,2,15-16H2,1H3,(H,27,28). The first-order valence-electron chi connectivity index (χ1n) is 10.3. The van der Waals surface area contributed by atoms with Crippen molar-refractivity contribution in [2.45, 2.75) is 19.4 Å². The van der Waals surface area contributed by atoms with Crippen molar-refractivity contribution in [3.63, 3.8) is 0 Å². The second kappa shape index (κ2) is 9.31. The maximum absolute atomic E-state index is 12.5. The van der Waals surface area contributed by atoms with Crippen LogP contribution in [0.4, 0.5) is 0 Å². The Morgan fingerprint density at radius 2 is 1.37 bits per heavy atom. The van der Waals surface area contributed by atoms with Crippen LogP contribution in [0.5, 0.6) is 11.5 Å². The summed E-state index contributed by atoms with van der Waals surface area (Å²) in [5.41, 5.74) is 0. The molecule has 0 fully saturated rings. The molecule has 4 aromatic carbocycles. The topological polar surface area (TPSA) is 47.6 Å². The number of benzene rings is 4. The Hall–Kier alpha value is -3.53. The predicted octanol–water partition coefficient (Wildman–Crippen LogP) is 5.35. The van der Waals surface area contributed by atoms with Gasteiger partial charge in [-0.25, -0.2) is 0 Å².